The van der Waals surface area contributed by atoms with E-state index in [0.29, 0.717) is 35.5 Å². The minimum absolute atomic E-state index is 0.0219. The van der Waals surface area contributed by atoms with Crippen LogP contribution in [-0.2, 0) is 34.7 Å². The lowest BCUT2D eigenvalue weighted by Crippen LogP contribution is -2.46. The summed E-state index contributed by atoms with van der Waals surface area (Å²) >= 11 is 0. The molecule has 0 aliphatic carbocycles. The maximum absolute atomic E-state index is 14.0. The van der Waals surface area contributed by atoms with Gasteiger partial charge >= 0.3 is 0 Å². The lowest BCUT2D eigenvalue weighted by molar-refractivity contribution is -0.385. The van der Waals surface area contributed by atoms with E-state index in [4.69, 9.17) is 0 Å². The lowest BCUT2D eigenvalue weighted by Gasteiger charge is -2.36. The summed E-state index contributed by atoms with van der Waals surface area (Å²) in [5.74, 6) is -1.98. The number of aliphatic hydroxyl groups excluding tert-OH is 1. The second-order valence-electron chi connectivity index (χ2n) is 12.4. The molecule has 0 fully saturated rings. The Bertz CT molecular complexity index is 1930. The smallest absolute Gasteiger partial charge is 0.269 e. The zero-order chi connectivity index (χ0) is 34.7. The van der Waals surface area contributed by atoms with Crippen molar-refractivity contribution in [1.29, 1.82) is 0 Å². The molecule has 11 nitrogen and oxygen atoms in total. The van der Waals surface area contributed by atoms with Gasteiger partial charge in [-0.15, -0.1) is 0 Å². The minimum Gasteiger partial charge on any atom is -0.394 e. The molecule has 3 atom stereocenters. The monoisotopic (exact) mass is 660 g/mol. The number of carbonyl (C=O) groups is 3. The molecule has 0 unspecified atom stereocenters. The number of anilines is 2. The SMILES string of the molecule is C[C@@H](/C=C/CC(=O)N1Cc2ccccc2C[C@H]1CO)[C@]1(O)C(=O)N(Cc2ccc(NC(=O)c3ccccc3)cc2)c2ccc([N+](=O)[O-])cc21. The van der Waals surface area contributed by atoms with E-state index in [2.05, 4.69) is 5.32 Å². The highest BCUT2D eigenvalue weighted by molar-refractivity contribution is 6.07. The van der Waals surface area contributed by atoms with Crippen molar-refractivity contribution in [2.45, 2.75) is 44.5 Å². The number of carbonyl (C=O) groups excluding carboxylic acids is 3. The molecule has 2 aliphatic rings. The Labute approximate surface area is 283 Å². The first kappa shape index (κ1) is 33.3. The first-order valence-electron chi connectivity index (χ1n) is 16.0. The Morgan fingerprint density at radius 2 is 1.71 bits per heavy atom. The molecule has 3 amide bonds. The number of aliphatic hydroxyl groups is 2. The summed E-state index contributed by atoms with van der Waals surface area (Å²) in [6, 6.07) is 27.1. The molecule has 3 N–H and O–H groups in total. The second-order valence-corrected chi connectivity index (χ2v) is 12.4. The number of benzene rings is 4. The molecule has 0 spiro atoms. The number of nitro groups is 1. The van der Waals surface area contributed by atoms with Gasteiger partial charge in [-0.2, -0.15) is 0 Å². The average Bonchev–Trinajstić information content (AvgIpc) is 3.33. The molecule has 0 aromatic heterocycles. The van der Waals surface area contributed by atoms with Crippen LogP contribution in [0.5, 0.6) is 0 Å². The van der Waals surface area contributed by atoms with Crippen LogP contribution in [-0.4, -0.2) is 50.4 Å². The first-order chi connectivity index (χ1) is 23.6. The van der Waals surface area contributed by atoms with Gasteiger partial charge in [0.15, 0.2) is 5.60 Å². The van der Waals surface area contributed by atoms with E-state index in [9.17, 15) is 34.7 Å². The maximum Gasteiger partial charge on any atom is 0.269 e. The van der Waals surface area contributed by atoms with Crippen LogP contribution >= 0.6 is 0 Å². The quantitative estimate of drug-likeness (QED) is 0.121. The number of nitrogens with one attached hydrogen (secondary N) is 1. The third-order valence-electron chi connectivity index (χ3n) is 9.31. The molecule has 2 aliphatic heterocycles. The van der Waals surface area contributed by atoms with E-state index in [1.54, 1.807) is 72.5 Å². The van der Waals surface area contributed by atoms with Gasteiger partial charge < -0.3 is 25.3 Å². The molecule has 0 saturated heterocycles. The normalized spacial score (nSPS) is 19.0. The highest BCUT2D eigenvalue weighted by Crippen LogP contribution is 2.47. The van der Waals surface area contributed by atoms with Gasteiger partial charge in [-0.3, -0.25) is 24.5 Å². The Hall–Kier alpha value is -5.65. The van der Waals surface area contributed by atoms with Gasteiger partial charge in [-0.05, 0) is 53.4 Å². The first-order valence-corrected chi connectivity index (χ1v) is 16.0. The van der Waals surface area contributed by atoms with Crippen molar-refractivity contribution >= 4 is 34.8 Å². The molecule has 0 bridgehead atoms. The predicted octanol–water partition coefficient (Wildman–Crippen LogP) is 5.11. The van der Waals surface area contributed by atoms with Crippen LogP contribution in [0.4, 0.5) is 17.1 Å². The Balaban J connectivity index is 1.19. The van der Waals surface area contributed by atoms with Gasteiger partial charge in [-0.1, -0.05) is 73.7 Å². The van der Waals surface area contributed by atoms with Crippen LogP contribution < -0.4 is 10.2 Å². The molecule has 0 radical (unpaired) electrons. The molecule has 49 heavy (non-hydrogen) atoms. The summed E-state index contributed by atoms with van der Waals surface area (Å²) in [7, 11) is 0. The van der Waals surface area contributed by atoms with Crippen molar-refractivity contribution in [2.75, 3.05) is 16.8 Å². The molecule has 250 valence electrons. The predicted molar refractivity (Wildman–Crippen MR) is 184 cm³/mol. The number of hydrogen-bond acceptors (Lipinski definition) is 7. The minimum atomic E-state index is -2.14. The van der Waals surface area contributed by atoms with Gasteiger partial charge in [0.1, 0.15) is 0 Å². The fraction of sp³-hybridized carbons (Fsp3) is 0.237. The van der Waals surface area contributed by atoms with E-state index in [1.807, 2.05) is 30.3 Å². The molecular formula is C38H36N4O7. The van der Waals surface area contributed by atoms with Crippen molar-refractivity contribution in [2.24, 2.45) is 5.92 Å². The number of rotatable bonds is 10. The fourth-order valence-corrected chi connectivity index (χ4v) is 6.55. The number of nitrogens with zero attached hydrogens (tertiary/aromatic N) is 3. The van der Waals surface area contributed by atoms with Gasteiger partial charge in [0, 0.05) is 47.8 Å². The van der Waals surface area contributed by atoms with Crippen LogP contribution in [0, 0.1) is 16.0 Å². The summed E-state index contributed by atoms with van der Waals surface area (Å²) in [5.41, 5.74) is 1.94. The van der Waals surface area contributed by atoms with Crippen molar-refractivity contribution in [3.8, 4) is 0 Å². The topological polar surface area (TPSA) is 153 Å². The molecule has 4 aromatic rings. The fourth-order valence-electron chi connectivity index (χ4n) is 6.55. The van der Waals surface area contributed by atoms with Crippen LogP contribution in [0.15, 0.2) is 109 Å². The largest absolute Gasteiger partial charge is 0.394 e. The number of non-ortho nitro benzene ring substituents is 1. The third kappa shape index (κ3) is 6.58. The Morgan fingerprint density at radius 1 is 1.02 bits per heavy atom. The van der Waals surface area contributed by atoms with E-state index in [1.165, 1.54) is 23.1 Å². The zero-order valence-corrected chi connectivity index (χ0v) is 26.9. The van der Waals surface area contributed by atoms with Crippen LogP contribution in [0.3, 0.4) is 0 Å². The van der Waals surface area contributed by atoms with Crippen molar-refractivity contribution in [3.63, 3.8) is 0 Å². The molecule has 11 heteroatoms. The van der Waals surface area contributed by atoms with E-state index < -0.39 is 22.3 Å². The number of hydrogen-bond donors (Lipinski definition) is 3. The van der Waals surface area contributed by atoms with E-state index in [-0.39, 0.29) is 48.7 Å². The van der Waals surface area contributed by atoms with E-state index >= 15 is 0 Å². The summed E-state index contributed by atoms with van der Waals surface area (Å²) in [6.07, 6.45) is 3.70. The summed E-state index contributed by atoms with van der Waals surface area (Å²) in [6.45, 7) is 1.89. The lowest BCUT2D eigenvalue weighted by atomic mass is 9.82. The molecule has 4 aromatic carbocycles. The number of fused-ring (bicyclic) bond motifs is 2. The zero-order valence-electron chi connectivity index (χ0n) is 26.9. The van der Waals surface area contributed by atoms with Gasteiger partial charge in [0.2, 0.25) is 5.91 Å². The standard InChI is InChI=1S/C38H36N4O7/c1-25(8-7-13-35(44)40-23-29-12-6-5-11-28(29)20-32(40)24-43)38(47)33-21-31(42(48)49)18-19-34(33)41(37(38)46)22-26-14-16-30(17-15-26)39-36(45)27-9-3-2-4-10-27/h2-12,14-19,21,25,32,43,47H,13,20,22-24H2,1H3,(H,39,45)/b8-7+/t25-,32-,38+/m0/s1. The third-order valence-corrected chi connectivity index (χ3v) is 9.31. The number of nitro benzene ring substituents is 1. The molecular weight excluding hydrogens is 624 g/mol. The van der Waals surface area contributed by atoms with Crippen molar-refractivity contribution in [1.82, 2.24) is 4.90 Å². The number of amides is 3. The van der Waals surface area contributed by atoms with Gasteiger partial charge in [0.05, 0.1) is 29.8 Å². The van der Waals surface area contributed by atoms with Crippen LogP contribution in [0.25, 0.3) is 0 Å². The average molecular weight is 661 g/mol. The van der Waals surface area contributed by atoms with Crippen molar-refractivity contribution in [3.05, 3.63) is 147 Å². The second kappa shape index (κ2) is 13.8. The van der Waals surface area contributed by atoms with Gasteiger partial charge in [0.25, 0.3) is 17.5 Å². The van der Waals surface area contributed by atoms with Crippen LogP contribution in [0.2, 0.25) is 0 Å². The summed E-state index contributed by atoms with van der Waals surface area (Å²) < 4.78 is 0. The van der Waals surface area contributed by atoms with E-state index in [0.717, 1.165) is 11.1 Å². The molecule has 6 rings (SSSR count). The Morgan fingerprint density at radius 3 is 2.41 bits per heavy atom. The maximum atomic E-state index is 14.0. The van der Waals surface area contributed by atoms with Crippen LogP contribution in [0.1, 0.15) is 46.0 Å². The Kier molecular flexibility index (Phi) is 9.39. The summed E-state index contributed by atoms with van der Waals surface area (Å²) in [5, 5.41) is 36.5. The summed E-state index contributed by atoms with van der Waals surface area (Å²) in [4.78, 5) is 54.0. The van der Waals surface area contributed by atoms with Gasteiger partial charge in [-0.25, -0.2) is 0 Å². The highest BCUT2D eigenvalue weighted by atomic mass is 16.6. The highest BCUT2D eigenvalue weighted by Gasteiger charge is 2.53. The van der Waals surface area contributed by atoms with Crippen molar-refractivity contribution < 1.29 is 29.5 Å². The molecule has 2 heterocycles. The molecule has 0 saturated carbocycles.